The van der Waals surface area contributed by atoms with Gasteiger partial charge in [-0.1, -0.05) is 17.7 Å². The number of carboxylic acids is 1. The van der Waals surface area contributed by atoms with Crippen LogP contribution < -0.4 is 4.74 Å². The van der Waals surface area contributed by atoms with E-state index in [2.05, 4.69) is 16.0 Å². The van der Waals surface area contributed by atoms with Crippen molar-refractivity contribution in [3.63, 3.8) is 0 Å². The van der Waals surface area contributed by atoms with E-state index < -0.39 is 30.0 Å². The molecule has 1 N–H and O–H groups in total. The summed E-state index contributed by atoms with van der Waals surface area (Å²) in [7, 11) is 1.68. The van der Waals surface area contributed by atoms with Crippen molar-refractivity contribution in [3.8, 4) is 5.88 Å². The minimum Gasteiger partial charge on any atom is -0.481 e. The molecule has 2 aromatic heterocycles. The molecule has 10 heteroatoms. The van der Waals surface area contributed by atoms with Crippen molar-refractivity contribution in [2.24, 2.45) is 7.05 Å². The predicted octanol–water partition coefficient (Wildman–Crippen LogP) is 5.69. The Morgan fingerprint density at radius 2 is 1.97 bits per heavy atom. The van der Waals surface area contributed by atoms with E-state index in [1.54, 1.807) is 13.1 Å². The largest absolute Gasteiger partial charge is 0.481 e. The predicted molar refractivity (Wildman–Crippen MR) is 130 cm³/mol. The molecule has 1 atom stereocenters. The summed E-state index contributed by atoms with van der Waals surface area (Å²) in [4.78, 5) is 19.4. The minimum absolute atomic E-state index is 0.0780. The second kappa shape index (κ2) is 11.0. The molecule has 0 saturated heterocycles. The monoisotopic (exact) mass is 512 g/mol. The summed E-state index contributed by atoms with van der Waals surface area (Å²) >= 11 is 0. The maximum absolute atomic E-state index is 13.4. The molecule has 0 aliphatic heterocycles. The average Bonchev–Trinajstić information content (AvgIpc) is 3.21. The summed E-state index contributed by atoms with van der Waals surface area (Å²) in [5.74, 6) is -1.49. The van der Waals surface area contributed by atoms with E-state index >= 15 is 0 Å². The van der Waals surface area contributed by atoms with Crippen LogP contribution in [0.4, 0.5) is 18.9 Å². The first-order valence-electron chi connectivity index (χ1n) is 12.1. The van der Waals surface area contributed by atoms with E-state index in [1.165, 1.54) is 22.7 Å². The first-order chi connectivity index (χ1) is 17.6. The highest BCUT2D eigenvalue weighted by atomic mass is 19.4. The molecule has 0 fully saturated rings. The van der Waals surface area contributed by atoms with Crippen molar-refractivity contribution < 1.29 is 27.8 Å². The van der Waals surface area contributed by atoms with E-state index in [0.29, 0.717) is 24.6 Å². The molecule has 37 heavy (non-hydrogen) atoms. The van der Waals surface area contributed by atoms with Crippen molar-refractivity contribution in [1.29, 1.82) is 0 Å². The number of alkyl halides is 3. The minimum atomic E-state index is -4.65. The fourth-order valence-corrected chi connectivity index (χ4v) is 4.64. The third-order valence-corrected chi connectivity index (χ3v) is 6.48. The number of aryl methyl sites for hydroxylation is 3. The van der Waals surface area contributed by atoms with Gasteiger partial charge in [0.2, 0.25) is 5.88 Å². The quantitative estimate of drug-likeness (QED) is 0.373. The molecule has 1 aromatic carbocycles. The number of hydrogen-bond donors (Lipinski definition) is 1. The van der Waals surface area contributed by atoms with Crippen molar-refractivity contribution in [1.82, 2.24) is 14.8 Å². The molecular formula is C27H27F3N4O3. The van der Waals surface area contributed by atoms with Crippen molar-refractivity contribution in [2.75, 3.05) is 6.61 Å². The van der Waals surface area contributed by atoms with Gasteiger partial charge >= 0.3 is 12.1 Å². The van der Waals surface area contributed by atoms with E-state index in [9.17, 15) is 23.1 Å². The zero-order valence-electron chi connectivity index (χ0n) is 20.4. The van der Waals surface area contributed by atoms with Crippen molar-refractivity contribution in [2.45, 2.75) is 57.0 Å². The Hall–Kier alpha value is -3.87. The summed E-state index contributed by atoms with van der Waals surface area (Å²) < 4.78 is 47.5. The number of fused-ring (bicyclic) bond motifs is 1. The molecule has 0 spiro atoms. The van der Waals surface area contributed by atoms with Crippen LogP contribution in [-0.2, 0) is 43.7 Å². The third-order valence-electron chi connectivity index (χ3n) is 6.48. The summed E-state index contributed by atoms with van der Waals surface area (Å²) in [5, 5.41) is 13.8. The Morgan fingerprint density at radius 3 is 2.70 bits per heavy atom. The number of carbonyl (C=O) groups is 1. The van der Waals surface area contributed by atoms with Gasteiger partial charge in [-0.05, 0) is 61.8 Å². The van der Waals surface area contributed by atoms with Gasteiger partial charge in [0.1, 0.15) is 0 Å². The van der Waals surface area contributed by atoms with Gasteiger partial charge in [-0.15, -0.1) is 0 Å². The fourth-order valence-electron chi connectivity index (χ4n) is 4.64. The molecule has 194 valence electrons. The highest BCUT2D eigenvalue weighted by Crippen LogP contribution is 2.36. The van der Waals surface area contributed by atoms with E-state index in [-0.39, 0.29) is 17.7 Å². The molecule has 7 nitrogen and oxygen atoms in total. The number of rotatable bonds is 9. The maximum Gasteiger partial charge on any atom is 0.415 e. The number of ether oxygens (including phenoxy) is 1. The molecular weight excluding hydrogens is 485 g/mol. The second-order valence-corrected chi connectivity index (χ2v) is 9.23. The molecule has 0 bridgehead atoms. The van der Waals surface area contributed by atoms with Crippen LogP contribution in [0.2, 0.25) is 0 Å². The van der Waals surface area contributed by atoms with Crippen molar-refractivity contribution >= 4 is 11.7 Å². The van der Waals surface area contributed by atoms with Gasteiger partial charge in [-0.25, -0.2) is 9.53 Å². The van der Waals surface area contributed by atoms with Gasteiger partial charge in [-0.3, -0.25) is 9.78 Å². The smallest absolute Gasteiger partial charge is 0.415 e. The number of carboxylic acid groups (broad SMARTS) is 1. The lowest BCUT2D eigenvalue weighted by Gasteiger charge is -2.17. The van der Waals surface area contributed by atoms with E-state index in [1.807, 2.05) is 6.07 Å². The number of halogens is 3. The number of aromatic nitrogens is 3. The first-order valence-corrected chi connectivity index (χ1v) is 12.1. The molecule has 1 unspecified atom stereocenters. The molecule has 0 saturated carbocycles. The van der Waals surface area contributed by atoms with Crippen LogP contribution in [0.1, 0.15) is 59.0 Å². The van der Waals surface area contributed by atoms with Gasteiger partial charge in [0.25, 0.3) is 0 Å². The Bertz CT molecular complexity index is 1330. The number of benzene rings is 1. The summed E-state index contributed by atoms with van der Waals surface area (Å²) in [6.07, 6.45) is 0.0444. The number of nitrogens with zero attached hydrogens (tertiary/aromatic N) is 4. The van der Waals surface area contributed by atoms with Gasteiger partial charge in [0.05, 0.1) is 25.3 Å². The third kappa shape index (κ3) is 6.67. The maximum atomic E-state index is 13.4. The number of aliphatic carboxylic acids is 1. The Morgan fingerprint density at radius 1 is 1.19 bits per heavy atom. The lowest BCUT2D eigenvalue weighted by molar-refractivity contribution is -0.138. The van der Waals surface area contributed by atoms with Crippen LogP contribution in [0.25, 0.3) is 4.85 Å². The average molecular weight is 513 g/mol. The number of hydrogen-bond acceptors (Lipinski definition) is 4. The van der Waals surface area contributed by atoms with Gasteiger partial charge in [0, 0.05) is 36.5 Å². The van der Waals surface area contributed by atoms with Crippen LogP contribution in [0.15, 0.2) is 36.4 Å². The lowest BCUT2D eigenvalue weighted by atomic mass is 9.89. The zero-order valence-corrected chi connectivity index (χ0v) is 20.4. The highest BCUT2D eigenvalue weighted by Gasteiger charge is 2.32. The van der Waals surface area contributed by atoms with Crippen LogP contribution in [-0.4, -0.2) is 32.4 Å². The van der Waals surface area contributed by atoms with Crippen LogP contribution in [0.5, 0.6) is 5.88 Å². The first kappa shape index (κ1) is 26.2. The lowest BCUT2D eigenvalue weighted by Crippen LogP contribution is -2.12. The molecule has 0 amide bonds. The van der Waals surface area contributed by atoms with E-state index in [0.717, 1.165) is 42.8 Å². The SMILES string of the molecule is [C-]#[N+]c1cc(C(CC(=O)O)Cc2cc(OCCc3ccc4c(n3)CCCC4)n(C)n2)cc(C(F)(F)F)c1. The number of pyridine rings is 1. The summed E-state index contributed by atoms with van der Waals surface area (Å²) in [6.45, 7) is 7.52. The highest BCUT2D eigenvalue weighted by molar-refractivity contribution is 5.68. The molecule has 3 aromatic rings. The normalized spacial score (nSPS) is 14.0. The van der Waals surface area contributed by atoms with Gasteiger partial charge in [0.15, 0.2) is 5.69 Å². The molecule has 0 radical (unpaired) electrons. The Balaban J connectivity index is 1.47. The fraction of sp³-hybridized carbons (Fsp3) is 0.407. The van der Waals surface area contributed by atoms with Gasteiger partial charge in [-0.2, -0.15) is 18.3 Å². The summed E-state index contributed by atoms with van der Waals surface area (Å²) in [5.41, 5.74) is 2.87. The molecule has 4 rings (SSSR count). The van der Waals surface area contributed by atoms with Crippen molar-refractivity contribution in [3.05, 3.63) is 81.6 Å². The van der Waals surface area contributed by atoms with Crippen LogP contribution >= 0.6 is 0 Å². The molecule has 1 aliphatic rings. The summed E-state index contributed by atoms with van der Waals surface area (Å²) in [6, 6.07) is 8.80. The Kier molecular flexibility index (Phi) is 7.81. The van der Waals surface area contributed by atoms with Crippen LogP contribution in [0.3, 0.4) is 0 Å². The molecule has 1 aliphatic carbocycles. The van der Waals surface area contributed by atoms with E-state index in [4.69, 9.17) is 16.3 Å². The van der Waals surface area contributed by atoms with Gasteiger partial charge < -0.3 is 9.84 Å². The van der Waals surface area contributed by atoms with Crippen LogP contribution in [0, 0.1) is 6.57 Å². The topological polar surface area (TPSA) is 81.6 Å². The Labute approximate surface area is 212 Å². The standard InChI is InChI=1S/C27H27F3N4O3/c1-31-22-12-18(11-20(15-22)27(28,29)30)19(14-26(35)36)13-23-16-25(34(2)33-23)37-10-9-21-8-7-17-5-3-4-6-24(17)32-21/h7-8,11-12,15-16,19H,3-6,9-10,13-14H2,2H3,(H,35,36). The zero-order chi connectivity index (χ0) is 26.6. The molecule has 2 heterocycles. The second-order valence-electron chi connectivity index (χ2n) is 9.23.